The number of aliphatic carboxylic acids is 1. The number of hydrogen-bond acceptors (Lipinski definition) is 3. The van der Waals surface area contributed by atoms with Crippen molar-refractivity contribution in [3.8, 4) is 5.75 Å². The number of benzene rings is 1. The Kier molecular flexibility index (Phi) is 7.29. The van der Waals surface area contributed by atoms with Crippen LogP contribution in [0.3, 0.4) is 0 Å². The number of aromatic hydroxyl groups is 1. The minimum Gasteiger partial charge on any atom is -0.508 e. The summed E-state index contributed by atoms with van der Waals surface area (Å²) in [5.74, 6) is -0.343. The van der Waals surface area contributed by atoms with Crippen LogP contribution in [0.4, 0.5) is 0 Å². The van der Waals surface area contributed by atoms with Crippen LogP contribution in [0.1, 0.15) is 38.2 Å². The number of aryl methyl sites for hydroxylation is 1. The zero-order chi connectivity index (χ0) is 15.7. The number of amides is 1. The number of carboxylic acids is 1. The molecule has 5 heteroatoms. The number of rotatable bonds is 9. The minimum atomic E-state index is -0.784. The van der Waals surface area contributed by atoms with Crippen LogP contribution in [0.25, 0.3) is 0 Å². The van der Waals surface area contributed by atoms with Crippen LogP contribution in [0.15, 0.2) is 24.3 Å². The second-order valence-corrected chi connectivity index (χ2v) is 5.30. The van der Waals surface area contributed by atoms with Gasteiger partial charge in [-0.3, -0.25) is 9.59 Å². The lowest BCUT2D eigenvalue weighted by molar-refractivity contribution is -0.137. The smallest absolute Gasteiger partial charge is 0.303 e. The molecule has 1 aromatic carbocycles. The molecule has 1 unspecified atom stereocenters. The molecule has 1 rings (SSSR count). The van der Waals surface area contributed by atoms with Gasteiger partial charge in [-0.2, -0.15) is 0 Å². The third-order valence-corrected chi connectivity index (χ3v) is 3.42. The predicted octanol–water partition coefficient (Wildman–Crippen LogP) is 2.33. The van der Waals surface area contributed by atoms with Gasteiger partial charge in [0, 0.05) is 19.4 Å². The molecule has 0 spiro atoms. The van der Waals surface area contributed by atoms with Gasteiger partial charge in [-0.1, -0.05) is 25.1 Å². The molecule has 1 aromatic rings. The van der Waals surface area contributed by atoms with E-state index in [9.17, 15) is 14.7 Å². The van der Waals surface area contributed by atoms with E-state index in [2.05, 4.69) is 5.32 Å². The molecule has 3 N–H and O–H groups in total. The van der Waals surface area contributed by atoms with E-state index in [0.29, 0.717) is 25.8 Å². The number of carboxylic acid groups (broad SMARTS) is 1. The molecule has 0 aromatic heterocycles. The Bertz CT molecular complexity index is 473. The van der Waals surface area contributed by atoms with Crippen LogP contribution in [0.5, 0.6) is 5.75 Å². The van der Waals surface area contributed by atoms with E-state index in [-0.39, 0.29) is 24.0 Å². The fraction of sp³-hybridized carbons (Fsp3) is 0.500. The van der Waals surface area contributed by atoms with Crippen molar-refractivity contribution in [1.29, 1.82) is 0 Å². The molecule has 0 aliphatic carbocycles. The molecule has 0 aliphatic rings. The summed E-state index contributed by atoms with van der Waals surface area (Å²) in [5, 5.41) is 21.0. The van der Waals surface area contributed by atoms with Crippen LogP contribution in [-0.2, 0) is 16.0 Å². The zero-order valence-electron chi connectivity index (χ0n) is 12.3. The maximum absolute atomic E-state index is 11.7. The highest BCUT2D eigenvalue weighted by Crippen LogP contribution is 2.17. The number of nitrogens with one attached hydrogen (secondary N) is 1. The molecule has 0 fully saturated rings. The van der Waals surface area contributed by atoms with Crippen molar-refractivity contribution in [2.24, 2.45) is 5.92 Å². The molecule has 0 saturated heterocycles. The molecule has 5 nitrogen and oxygen atoms in total. The molecule has 1 amide bonds. The van der Waals surface area contributed by atoms with Gasteiger partial charge in [0.1, 0.15) is 5.75 Å². The average molecular weight is 293 g/mol. The van der Waals surface area contributed by atoms with Crippen molar-refractivity contribution in [2.75, 3.05) is 6.54 Å². The number of carbonyl (C=O) groups is 2. The lowest BCUT2D eigenvalue weighted by Crippen LogP contribution is -2.25. The molecule has 0 bridgehead atoms. The first-order valence-electron chi connectivity index (χ1n) is 7.24. The lowest BCUT2D eigenvalue weighted by atomic mass is 10.0. The first-order chi connectivity index (χ1) is 9.99. The summed E-state index contributed by atoms with van der Waals surface area (Å²) in [6.45, 7) is 2.54. The third-order valence-electron chi connectivity index (χ3n) is 3.42. The van der Waals surface area contributed by atoms with Gasteiger partial charge in [0.25, 0.3) is 0 Å². The number of carbonyl (C=O) groups excluding carboxylic acids is 1. The van der Waals surface area contributed by atoms with Crippen LogP contribution < -0.4 is 5.32 Å². The van der Waals surface area contributed by atoms with E-state index in [4.69, 9.17) is 5.11 Å². The van der Waals surface area contributed by atoms with Gasteiger partial charge in [0.15, 0.2) is 0 Å². The largest absolute Gasteiger partial charge is 0.508 e. The molecule has 0 radical (unpaired) electrons. The second-order valence-electron chi connectivity index (χ2n) is 5.30. The Hall–Kier alpha value is -2.04. The Balaban J connectivity index is 2.17. The first kappa shape index (κ1) is 17.0. The van der Waals surface area contributed by atoms with Crippen LogP contribution in [0, 0.1) is 5.92 Å². The van der Waals surface area contributed by atoms with Crippen molar-refractivity contribution in [3.63, 3.8) is 0 Å². The second kappa shape index (κ2) is 9.00. The first-order valence-corrected chi connectivity index (χ1v) is 7.24. The molecule has 21 heavy (non-hydrogen) atoms. The fourth-order valence-electron chi connectivity index (χ4n) is 2.03. The molecule has 0 saturated carbocycles. The summed E-state index contributed by atoms with van der Waals surface area (Å²) in [6, 6.07) is 6.99. The predicted molar refractivity (Wildman–Crippen MR) is 80.1 cm³/mol. The standard InChI is InChI=1S/C16H23NO4/c1-12(6-9-16(20)21)10-11-17-15(19)8-7-13-4-2-3-5-14(13)18/h2-5,12,18H,6-11H2,1H3,(H,17,19)(H,20,21). The highest BCUT2D eigenvalue weighted by molar-refractivity contribution is 5.76. The van der Waals surface area contributed by atoms with Gasteiger partial charge >= 0.3 is 5.97 Å². The van der Waals surface area contributed by atoms with Crippen molar-refractivity contribution in [2.45, 2.75) is 39.0 Å². The van der Waals surface area contributed by atoms with Crippen molar-refractivity contribution < 1.29 is 19.8 Å². The highest BCUT2D eigenvalue weighted by Gasteiger charge is 2.08. The maximum Gasteiger partial charge on any atom is 0.303 e. The minimum absolute atomic E-state index is 0.0521. The Morgan fingerprint density at radius 1 is 1.19 bits per heavy atom. The van der Waals surface area contributed by atoms with Gasteiger partial charge < -0.3 is 15.5 Å². The fourth-order valence-corrected chi connectivity index (χ4v) is 2.03. The normalized spacial score (nSPS) is 11.9. The van der Waals surface area contributed by atoms with E-state index in [1.165, 1.54) is 0 Å². The molecular formula is C16H23NO4. The van der Waals surface area contributed by atoms with Crippen LogP contribution in [0.2, 0.25) is 0 Å². The Morgan fingerprint density at radius 3 is 2.57 bits per heavy atom. The lowest BCUT2D eigenvalue weighted by Gasteiger charge is -2.11. The number of hydrogen-bond donors (Lipinski definition) is 3. The monoisotopic (exact) mass is 293 g/mol. The summed E-state index contributed by atoms with van der Waals surface area (Å²) in [6.07, 6.45) is 2.41. The van der Waals surface area contributed by atoms with E-state index < -0.39 is 5.97 Å². The van der Waals surface area contributed by atoms with Gasteiger partial charge in [-0.15, -0.1) is 0 Å². The van der Waals surface area contributed by atoms with Gasteiger partial charge in [0.05, 0.1) is 0 Å². The molecule has 1 atom stereocenters. The van der Waals surface area contributed by atoms with E-state index >= 15 is 0 Å². The van der Waals surface area contributed by atoms with Crippen molar-refractivity contribution in [3.05, 3.63) is 29.8 Å². The maximum atomic E-state index is 11.7. The van der Waals surface area contributed by atoms with Crippen LogP contribution >= 0.6 is 0 Å². The van der Waals surface area contributed by atoms with Crippen molar-refractivity contribution in [1.82, 2.24) is 5.32 Å². The van der Waals surface area contributed by atoms with E-state index in [0.717, 1.165) is 12.0 Å². The van der Waals surface area contributed by atoms with Gasteiger partial charge in [-0.05, 0) is 36.8 Å². The van der Waals surface area contributed by atoms with E-state index in [1.807, 2.05) is 13.0 Å². The molecule has 0 aliphatic heterocycles. The van der Waals surface area contributed by atoms with Gasteiger partial charge in [-0.25, -0.2) is 0 Å². The SMILES string of the molecule is CC(CCNC(=O)CCc1ccccc1O)CCC(=O)O. The quantitative estimate of drug-likeness (QED) is 0.652. The number of phenols is 1. The van der Waals surface area contributed by atoms with Crippen LogP contribution in [-0.4, -0.2) is 28.6 Å². The summed E-state index contributed by atoms with van der Waals surface area (Å²) < 4.78 is 0. The number of phenolic OH excluding ortho intramolecular Hbond substituents is 1. The molecule has 116 valence electrons. The summed E-state index contributed by atoms with van der Waals surface area (Å²) in [5.41, 5.74) is 0.766. The highest BCUT2D eigenvalue weighted by atomic mass is 16.4. The zero-order valence-corrected chi connectivity index (χ0v) is 12.3. The Morgan fingerprint density at radius 2 is 1.90 bits per heavy atom. The summed E-state index contributed by atoms with van der Waals surface area (Å²) >= 11 is 0. The topological polar surface area (TPSA) is 86.6 Å². The third kappa shape index (κ3) is 7.34. The van der Waals surface area contributed by atoms with Gasteiger partial charge in [0.2, 0.25) is 5.91 Å². The Labute approximate surface area is 125 Å². The average Bonchev–Trinajstić information content (AvgIpc) is 2.44. The summed E-state index contributed by atoms with van der Waals surface area (Å²) in [4.78, 5) is 22.1. The van der Waals surface area contributed by atoms with E-state index in [1.54, 1.807) is 18.2 Å². The molecule has 0 heterocycles. The summed E-state index contributed by atoms with van der Waals surface area (Å²) in [7, 11) is 0. The number of para-hydroxylation sites is 1. The molecular weight excluding hydrogens is 270 g/mol. The van der Waals surface area contributed by atoms with Crippen molar-refractivity contribution >= 4 is 11.9 Å².